The lowest BCUT2D eigenvalue weighted by atomic mass is 9.94. The first-order valence-electron chi connectivity index (χ1n) is 7.18. The van der Waals surface area contributed by atoms with Crippen molar-refractivity contribution in [3.63, 3.8) is 0 Å². The van der Waals surface area contributed by atoms with Crippen LogP contribution in [-0.4, -0.2) is 20.9 Å². The molecule has 0 spiro atoms. The van der Waals surface area contributed by atoms with E-state index >= 15 is 0 Å². The summed E-state index contributed by atoms with van der Waals surface area (Å²) in [5.41, 5.74) is 7.97. The van der Waals surface area contributed by atoms with Gasteiger partial charge in [-0.05, 0) is 30.7 Å². The summed E-state index contributed by atoms with van der Waals surface area (Å²) in [4.78, 5) is 11.4. The molecule has 0 bridgehead atoms. The minimum absolute atomic E-state index is 0.171. The molecule has 5 heteroatoms. The van der Waals surface area contributed by atoms with Crippen LogP contribution in [0.25, 0.3) is 0 Å². The number of rotatable bonds is 3. The maximum atomic E-state index is 11.4. The summed E-state index contributed by atoms with van der Waals surface area (Å²) in [6.07, 6.45) is 2.95. The summed E-state index contributed by atoms with van der Waals surface area (Å²) < 4.78 is 1.47. The first kappa shape index (κ1) is 13.7. The van der Waals surface area contributed by atoms with Crippen LogP contribution < -0.4 is 5.73 Å². The van der Waals surface area contributed by atoms with E-state index < -0.39 is 5.97 Å². The number of hydrogen-bond acceptors (Lipinski definition) is 3. The standard InChI is InChI=1S/C16H19N3O2/c1-19-15(17)13(16(20)21)14(18-19)12-8-7-11(9-12)10-5-3-2-4-6-10/h2-6,11-12H,7-9,17H2,1H3,(H,20,21). The van der Waals surface area contributed by atoms with Gasteiger partial charge in [-0.25, -0.2) is 4.79 Å². The summed E-state index contributed by atoms with van der Waals surface area (Å²) in [6, 6.07) is 10.4. The number of aromatic carboxylic acids is 1. The number of nitrogens with zero attached hydrogens (tertiary/aromatic N) is 2. The minimum atomic E-state index is -0.987. The SMILES string of the molecule is Cn1nc(C2CCC(c3ccccc3)C2)c(C(=O)O)c1N. The van der Waals surface area contributed by atoms with Crippen molar-refractivity contribution in [2.45, 2.75) is 31.1 Å². The third-order valence-electron chi connectivity index (χ3n) is 4.42. The fourth-order valence-electron chi connectivity index (χ4n) is 3.32. The van der Waals surface area contributed by atoms with Gasteiger partial charge < -0.3 is 10.8 Å². The summed E-state index contributed by atoms with van der Waals surface area (Å²) >= 11 is 0. The molecule has 1 saturated carbocycles. The van der Waals surface area contributed by atoms with E-state index in [4.69, 9.17) is 5.73 Å². The maximum absolute atomic E-state index is 11.4. The van der Waals surface area contributed by atoms with E-state index in [2.05, 4.69) is 17.2 Å². The Morgan fingerprint density at radius 1 is 1.29 bits per heavy atom. The topological polar surface area (TPSA) is 81.1 Å². The molecule has 1 fully saturated rings. The Balaban J connectivity index is 1.87. The van der Waals surface area contributed by atoms with Gasteiger partial charge in [0.25, 0.3) is 0 Å². The van der Waals surface area contributed by atoms with Crippen LogP contribution in [0.2, 0.25) is 0 Å². The minimum Gasteiger partial charge on any atom is -0.477 e. The van der Waals surface area contributed by atoms with Crippen LogP contribution in [0.15, 0.2) is 30.3 Å². The second-order valence-electron chi connectivity index (χ2n) is 5.69. The fraction of sp³-hybridized carbons (Fsp3) is 0.375. The molecule has 2 aromatic rings. The normalized spacial score (nSPS) is 21.6. The quantitative estimate of drug-likeness (QED) is 0.908. The third kappa shape index (κ3) is 2.39. The number of aromatic nitrogens is 2. The summed E-state index contributed by atoms with van der Waals surface area (Å²) in [7, 11) is 1.69. The first-order chi connectivity index (χ1) is 10.1. The summed E-state index contributed by atoms with van der Waals surface area (Å²) in [6.45, 7) is 0. The van der Waals surface area contributed by atoms with Crippen LogP contribution in [0.5, 0.6) is 0 Å². The first-order valence-corrected chi connectivity index (χ1v) is 7.18. The molecule has 1 aromatic carbocycles. The number of carboxylic acids is 1. The Bertz CT molecular complexity index is 664. The zero-order valence-corrected chi connectivity index (χ0v) is 12.0. The van der Waals surface area contributed by atoms with Crippen molar-refractivity contribution in [2.24, 2.45) is 7.05 Å². The van der Waals surface area contributed by atoms with Crippen LogP contribution in [0.1, 0.15) is 52.7 Å². The lowest BCUT2D eigenvalue weighted by molar-refractivity contribution is 0.0696. The number of nitrogen functional groups attached to an aromatic ring is 1. The molecule has 1 aliphatic carbocycles. The van der Waals surface area contributed by atoms with Crippen LogP contribution in [-0.2, 0) is 7.05 Å². The van der Waals surface area contributed by atoms with Gasteiger partial charge in [-0.2, -0.15) is 5.10 Å². The van der Waals surface area contributed by atoms with Gasteiger partial charge in [-0.1, -0.05) is 30.3 Å². The van der Waals surface area contributed by atoms with Crippen LogP contribution in [0.4, 0.5) is 5.82 Å². The van der Waals surface area contributed by atoms with E-state index in [0.717, 1.165) is 19.3 Å². The van der Waals surface area contributed by atoms with Gasteiger partial charge in [0.05, 0.1) is 5.69 Å². The molecule has 3 N–H and O–H groups in total. The van der Waals surface area contributed by atoms with Gasteiger partial charge in [-0.3, -0.25) is 4.68 Å². The summed E-state index contributed by atoms with van der Waals surface area (Å²) in [5.74, 6) is -0.106. The Hall–Kier alpha value is -2.30. The Labute approximate surface area is 123 Å². The van der Waals surface area contributed by atoms with Crippen molar-refractivity contribution in [1.82, 2.24) is 9.78 Å². The number of nitrogens with two attached hydrogens (primary N) is 1. The maximum Gasteiger partial charge on any atom is 0.341 e. The number of hydrogen-bond donors (Lipinski definition) is 2. The molecular weight excluding hydrogens is 266 g/mol. The number of carboxylic acid groups (broad SMARTS) is 1. The second kappa shape index (κ2) is 5.24. The summed E-state index contributed by atoms with van der Waals surface area (Å²) in [5, 5.41) is 13.7. The molecule has 1 aromatic heterocycles. The zero-order chi connectivity index (χ0) is 15.0. The van der Waals surface area contributed by atoms with Crippen molar-refractivity contribution >= 4 is 11.8 Å². The molecule has 1 heterocycles. The van der Waals surface area contributed by atoms with E-state index in [1.54, 1.807) is 7.05 Å². The van der Waals surface area contributed by atoms with Gasteiger partial charge in [0, 0.05) is 13.0 Å². The Kier molecular flexibility index (Phi) is 3.41. The van der Waals surface area contributed by atoms with E-state index in [0.29, 0.717) is 11.6 Å². The number of carbonyl (C=O) groups is 1. The molecule has 0 aliphatic heterocycles. The van der Waals surface area contributed by atoms with Gasteiger partial charge in [0.2, 0.25) is 0 Å². The van der Waals surface area contributed by atoms with E-state index in [1.807, 2.05) is 18.2 Å². The van der Waals surface area contributed by atoms with Crippen molar-refractivity contribution in [2.75, 3.05) is 5.73 Å². The zero-order valence-electron chi connectivity index (χ0n) is 12.0. The highest BCUT2D eigenvalue weighted by atomic mass is 16.4. The highest BCUT2D eigenvalue weighted by Crippen LogP contribution is 2.44. The molecule has 0 radical (unpaired) electrons. The van der Waals surface area contributed by atoms with Crippen LogP contribution in [0.3, 0.4) is 0 Å². The number of aryl methyl sites for hydroxylation is 1. The van der Waals surface area contributed by atoms with E-state index in [1.165, 1.54) is 10.2 Å². The van der Waals surface area contributed by atoms with Crippen molar-refractivity contribution in [3.05, 3.63) is 47.2 Å². The number of benzene rings is 1. The highest BCUT2D eigenvalue weighted by Gasteiger charge is 2.33. The molecule has 110 valence electrons. The third-order valence-corrected chi connectivity index (χ3v) is 4.42. The molecule has 3 rings (SSSR count). The average molecular weight is 285 g/mol. The smallest absolute Gasteiger partial charge is 0.341 e. The molecule has 1 aliphatic rings. The Morgan fingerprint density at radius 2 is 1.95 bits per heavy atom. The fourth-order valence-corrected chi connectivity index (χ4v) is 3.32. The predicted molar refractivity (Wildman–Crippen MR) is 80.4 cm³/mol. The molecule has 2 unspecified atom stereocenters. The molecule has 5 nitrogen and oxygen atoms in total. The van der Waals surface area contributed by atoms with Gasteiger partial charge >= 0.3 is 5.97 Å². The lowest BCUT2D eigenvalue weighted by Crippen LogP contribution is -2.06. The van der Waals surface area contributed by atoms with Gasteiger partial charge in [0.1, 0.15) is 11.4 Å². The highest BCUT2D eigenvalue weighted by molar-refractivity contribution is 5.94. The number of anilines is 1. The Morgan fingerprint density at radius 3 is 2.62 bits per heavy atom. The van der Waals surface area contributed by atoms with Crippen LogP contribution in [0, 0.1) is 0 Å². The molecule has 21 heavy (non-hydrogen) atoms. The lowest BCUT2D eigenvalue weighted by Gasteiger charge is -2.11. The molecule has 0 saturated heterocycles. The monoisotopic (exact) mass is 285 g/mol. The van der Waals surface area contributed by atoms with Crippen LogP contribution >= 0.6 is 0 Å². The average Bonchev–Trinajstić information content (AvgIpc) is 3.06. The largest absolute Gasteiger partial charge is 0.477 e. The molecule has 2 atom stereocenters. The molecule has 0 amide bonds. The van der Waals surface area contributed by atoms with E-state index in [-0.39, 0.29) is 17.3 Å². The van der Waals surface area contributed by atoms with Crippen molar-refractivity contribution in [3.8, 4) is 0 Å². The van der Waals surface area contributed by atoms with Crippen molar-refractivity contribution in [1.29, 1.82) is 0 Å². The predicted octanol–water partition coefficient (Wildman–Crippen LogP) is 2.75. The van der Waals surface area contributed by atoms with Gasteiger partial charge in [-0.15, -0.1) is 0 Å². The van der Waals surface area contributed by atoms with Gasteiger partial charge in [0.15, 0.2) is 0 Å². The molecular formula is C16H19N3O2. The van der Waals surface area contributed by atoms with E-state index in [9.17, 15) is 9.90 Å². The van der Waals surface area contributed by atoms with Crippen molar-refractivity contribution < 1.29 is 9.90 Å². The second-order valence-corrected chi connectivity index (χ2v) is 5.69.